The van der Waals surface area contributed by atoms with Crippen LogP contribution in [0.25, 0.3) is 0 Å². The van der Waals surface area contributed by atoms with Crippen LogP contribution in [0.1, 0.15) is 37.6 Å². The number of Topliss-reactive ketones (excluding diaryl/α,β-unsaturated/α-hetero) is 1. The topological polar surface area (TPSA) is 58.6 Å². The van der Waals surface area contributed by atoms with Crippen LogP contribution < -0.4 is 10.1 Å². The van der Waals surface area contributed by atoms with Crippen LogP contribution in [0.4, 0.5) is 0 Å². The van der Waals surface area contributed by atoms with Crippen molar-refractivity contribution in [2.45, 2.75) is 39.3 Å². The molecule has 0 saturated heterocycles. The van der Waals surface area contributed by atoms with E-state index in [2.05, 4.69) is 5.32 Å². The molecule has 1 aromatic carbocycles. The van der Waals surface area contributed by atoms with Gasteiger partial charge in [0.25, 0.3) is 0 Å². The van der Waals surface area contributed by atoms with E-state index in [1.165, 1.54) is 0 Å². The Bertz CT molecular complexity index is 393. The first-order valence-corrected chi connectivity index (χ1v) is 6.70. The summed E-state index contributed by atoms with van der Waals surface area (Å²) in [7, 11) is 0. The van der Waals surface area contributed by atoms with Crippen LogP contribution in [-0.4, -0.2) is 36.2 Å². The van der Waals surface area contributed by atoms with Gasteiger partial charge in [0.15, 0.2) is 5.78 Å². The molecule has 0 heterocycles. The first-order chi connectivity index (χ1) is 9.02. The van der Waals surface area contributed by atoms with Gasteiger partial charge in [-0.3, -0.25) is 4.79 Å². The van der Waals surface area contributed by atoms with E-state index in [1.807, 2.05) is 20.8 Å². The molecule has 1 unspecified atom stereocenters. The zero-order valence-electron chi connectivity index (χ0n) is 12.3. The lowest BCUT2D eigenvalue weighted by molar-refractivity contribution is 0.0986. The number of hydrogen-bond acceptors (Lipinski definition) is 4. The SMILES string of the molecule is Br.CCC(=O)c1ccc(OCC(O)CNC(C)C)cc1. The van der Waals surface area contributed by atoms with E-state index in [0.29, 0.717) is 30.3 Å². The molecule has 20 heavy (non-hydrogen) atoms. The molecule has 114 valence electrons. The van der Waals surface area contributed by atoms with Gasteiger partial charge in [-0.05, 0) is 24.3 Å². The summed E-state index contributed by atoms with van der Waals surface area (Å²) in [5.74, 6) is 0.781. The number of benzene rings is 1. The number of rotatable bonds is 8. The summed E-state index contributed by atoms with van der Waals surface area (Å²) in [5, 5.41) is 12.8. The Morgan fingerprint density at radius 3 is 2.40 bits per heavy atom. The van der Waals surface area contributed by atoms with Gasteiger partial charge >= 0.3 is 0 Å². The summed E-state index contributed by atoms with van der Waals surface area (Å²) >= 11 is 0. The molecule has 1 aromatic rings. The fraction of sp³-hybridized carbons (Fsp3) is 0.533. The van der Waals surface area contributed by atoms with Gasteiger partial charge in [0, 0.05) is 24.6 Å². The standard InChI is InChI=1S/C15H23NO3.BrH/c1-4-15(18)12-5-7-14(8-6-12)19-10-13(17)9-16-11(2)3;/h5-8,11,13,16-17H,4,9-10H2,1-3H3;1H. The molecule has 0 fully saturated rings. The molecule has 0 bridgehead atoms. The summed E-state index contributed by atoms with van der Waals surface area (Å²) < 4.78 is 5.47. The molecule has 0 spiro atoms. The minimum absolute atomic E-state index is 0. The largest absolute Gasteiger partial charge is 0.491 e. The van der Waals surface area contributed by atoms with Crippen molar-refractivity contribution in [1.82, 2.24) is 5.32 Å². The number of carbonyl (C=O) groups excluding carboxylic acids is 1. The molecule has 0 aliphatic carbocycles. The highest BCUT2D eigenvalue weighted by atomic mass is 79.9. The Kier molecular flexibility index (Phi) is 9.46. The molecule has 0 saturated carbocycles. The summed E-state index contributed by atoms with van der Waals surface area (Å²) in [6, 6.07) is 7.35. The fourth-order valence-electron chi connectivity index (χ4n) is 1.56. The van der Waals surface area contributed by atoms with E-state index in [0.717, 1.165) is 0 Å². The number of aliphatic hydroxyl groups is 1. The van der Waals surface area contributed by atoms with Gasteiger partial charge in [0.1, 0.15) is 18.5 Å². The third-order valence-corrected chi connectivity index (χ3v) is 2.70. The third-order valence-electron chi connectivity index (χ3n) is 2.70. The lowest BCUT2D eigenvalue weighted by Gasteiger charge is -2.15. The van der Waals surface area contributed by atoms with Crippen molar-refractivity contribution >= 4 is 22.8 Å². The van der Waals surface area contributed by atoms with Crippen molar-refractivity contribution in [2.24, 2.45) is 0 Å². The second kappa shape index (κ2) is 9.91. The zero-order chi connectivity index (χ0) is 14.3. The number of aliphatic hydroxyl groups excluding tert-OH is 1. The number of halogens is 1. The average molecular weight is 346 g/mol. The molecule has 0 aromatic heterocycles. The summed E-state index contributed by atoms with van der Waals surface area (Å²) in [6.07, 6.45) is -0.0425. The van der Waals surface area contributed by atoms with E-state index in [9.17, 15) is 9.90 Å². The van der Waals surface area contributed by atoms with Gasteiger partial charge in [-0.15, -0.1) is 17.0 Å². The third kappa shape index (κ3) is 7.03. The van der Waals surface area contributed by atoms with E-state index in [4.69, 9.17) is 4.74 Å². The maximum Gasteiger partial charge on any atom is 0.162 e. The van der Waals surface area contributed by atoms with E-state index < -0.39 is 6.10 Å². The average Bonchev–Trinajstić information content (AvgIpc) is 2.42. The smallest absolute Gasteiger partial charge is 0.162 e. The molecule has 0 radical (unpaired) electrons. The first kappa shape index (κ1) is 19.1. The van der Waals surface area contributed by atoms with Gasteiger partial charge in [-0.2, -0.15) is 0 Å². The molecular weight excluding hydrogens is 322 g/mol. The number of ketones is 1. The van der Waals surface area contributed by atoms with Gasteiger partial charge in [-0.25, -0.2) is 0 Å². The highest BCUT2D eigenvalue weighted by Gasteiger charge is 2.07. The Morgan fingerprint density at radius 1 is 1.30 bits per heavy atom. The van der Waals surface area contributed by atoms with Gasteiger partial charge < -0.3 is 15.2 Å². The first-order valence-electron chi connectivity index (χ1n) is 6.70. The molecule has 1 rings (SSSR count). The molecule has 0 amide bonds. The Balaban J connectivity index is 0.00000361. The maximum absolute atomic E-state index is 11.5. The summed E-state index contributed by atoms with van der Waals surface area (Å²) in [4.78, 5) is 11.5. The predicted octanol–water partition coefficient (Wildman–Crippen LogP) is 2.59. The van der Waals surface area contributed by atoms with Gasteiger partial charge in [0.2, 0.25) is 0 Å². The molecular formula is C15H24BrNO3. The molecule has 0 aliphatic heterocycles. The molecule has 5 heteroatoms. The normalized spacial score (nSPS) is 11.8. The minimum atomic E-state index is -0.542. The van der Waals surface area contributed by atoms with Crippen LogP contribution in [0.2, 0.25) is 0 Å². The van der Waals surface area contributed by atoms with Crippen LogP contribution in [0.5, 0.6) is 5.75 Å². The van der Waals surface area contributed by atoms with Gasteiger partial charge in [-0.1, -0.05) is 20.8 Å². The fourth-order valence-corrected chi connectivity index (χ4v) is 1.56. The lowest BCUT2D eigenvalue weighted by atomic mass is 10.1. The summed E-state index contributed by atoms with van der Waals surface area (Å²) in [5.41, 5.74) is 0.692. The predicted molar refractivity (Wildman–Crippen MR) is 86.0 cm³/mol. The van der Waals surface area contributed by atoms with Crippen molar-refractivity contribution in [2.75, 3.05) is 13.2 Å². The Morgan fingerprint density at radius 2 is 1.90 bits per heavy atom. The quantitative estimate of drug-likeness (QED) is 0.711. The zero-order valence-corrected chi connectivity index (χ0v) is 14.0. The molecule has 2 N–H and O–H groups in total. The van der Waals surface area contributed by atoms with Gasteiger partial charge in [0.05, 0.1) is 0 Å². The van der Waals surface area contributed by atoms with Crippen LogP contribution >= 0.6 is 17.0 Å². The van der Waals surface area contributed by atoms with Crippen LogP contribution in [-0.2, 0) is 0 Å². The number of hydrogen-bond donors (Lipinski definition) is 2. The lowest BCUT2D eigenvalue weighted by Crippen LogP contribution is -2.35. The van der Waals surface area contributed by atoms with Crippen molar-refractivity contribution in [3.63, 3.8) is 0 Å². The number of ether oxygens (including phenoxy) is 1. The second-order valence-electron chi connectivity index (χ2n) is 4.83. The minimum Gasteiger partial charge on any atom is -0.491 e. The summed E-state index contributed by atoms with van der Waals surface area (Å²) in [6.45, 7) is 6.63. The molecule has 1 atom stereocenters. The number of carbonyl (C=O) groups is 1. The highest BCUT2D eigenvalue weighted by molar-refractivity contribution is 8.93. The molecule has 4 nitrogen and oxygen atoms in total. The van der Waals surface area contributed by atoms with Crippen LogP contribution in [0, 0.1) is 0 Å². The van der Waals surface area contributed by atoms with Crippen molar-refractivity contribution < 1.29 is 14.6 Å². The van der Waals surface area contributed by atoms with E-state index >= 15 is 0 Å². The Labute approximate surface area is 131 Å². The second-order valence-corrected chi connectivity index (χ2v) is 4.83. The van der Waals surface area contributed by atoms with E-state index in [-0.39, 0.29) is 29.4 Å². The monoisotopic (exact) mass is 345 g/mol. The maximum atomic E-state index is 11.5. The van der Waals surface area contributed by atoms with Crippen LogP contribution in [0.15, 0.2) is 24.3 Å². The van der Waals surface area contributed by atoms with Crippen molar-refractivity contribution in [3.05, 3.63) is 29.8 Å². The van der Waals surface area contributed by atoms with E-state index in [1.54, 1.807) is 24.3 Å². The highest BCUT2D eigenvalue weighted by Crippen LogP contribution is 2.13. The Hall–Kier alpha value is -0.910. The van der Waals surface area contributed by atoms with Crippen molar-refractivity contribution in [1.29, 1.82) is 0 Å². The van der Waals surface area contributed by atoms with Crippen molar-refractivity contribution in [3.8, 4) is 5.75 Å². The number of nitrogens with one attached hydrogen (secondary N) is 1. The molecule has 0 aliphatic rings. The van der Waals surface area contributed by atoms with Crippen LogP contribution in [0.3, 0.4) is 0 Å².